The zero-order chi connectivity index (χ0) is 22.8. The Balaban J connectivity index is 1.29. The summed E-state index contributed by atoms with van der Waals surface area (Å²) in [6, 6.07) is 19.9. The number of para-hydroxylation sites is 1. The van der Waals surface area contributed by atoms with Crippen molar-refractivity contribution in [2.45, 2.75) is 6.54 Å². The molecule has 7 nitrogen and oxygen atoms in total. The minimum atomic E-state index is 0.0284. The van der Waals surface area contributed by atoms with Gasteiger partial charge in [-0.2, -0.15) is 0 Å². The Bertz CT molecular complexity index is 1240. The summed E-state index contributed by atoms with van der Waals surface area (Å²) in [5, 5.41) is 0. The van der Waals surface area contributed by atoms with Crippen LogP contribution in [0.25, 0.3) is 22.4 Å². The first-order chi connectivity index (χ1) is 16.1. The van der Waals surface area contributed by atoms with Crippen LogP contribution in [0.2, 0.25) is 0 Å². The van der Waals surface area contributed by atoms with E-state index in [0.717, 1.165) is 47.9 Å². The molecule has 0 radical (unpaired) electrons. The number of anilines is 1. The van der Waals surface area contributed by atoms with Crippen molar-refractivity contribution >= 4 is 22.8 Å². The number of aromatic nitrogens is 3. The van der Waals surface area contributed by atoms with Crippen molar-refractivity contribution in [1.82, 2.24) is 24.8 Å². The first-order valence-electron chi connectivity index (χ1n) is 11.3. The minimum Gasteiger partial charge on any atom is -0.353 e. The topological polar surface area (TPSA) is 68.4 Å². The van der Waals surface area contributed by atoms with Crippen LogP contribution < -0.4 is 4.90 Å². The Kier molecular flexibility index (Phi) is 5.79. The number of fused-ring (bicyclic) bond motifs is 1. The zero-order valence-electron chi connectivity index (χ0n) is 19.0. The van der Waals surface area contributed by atoms with E-state index < -0.39 is 0 Å². The highest BCUT2D eigenvalue weighted by molar-refractivity contribution is 6.05. The molecule has 0 spiro atoms. The number of hydrogen-bond acceptors (Lipinski definition) is 5. The van der Waals surface area contributed by atoms with Gasteiger partial charge in [-0.05, 0) is 37.9 Å². The van der Waals surface area contributed by atoms with Crippen LogP contribution >= 0.6 is 0 Å². The van der Waals surface area contributed by atoms with Crippen LogP contribution in [-0.4, -0.2) is 70.9 Å². The zero-order valence-corrected chi connectivity index (χ0v) is 19.0. The number of piperazine rings is 1. The van der Waals surface area contributed by atoms with E-state index in [1.165, 1.54) is 5.56 Å². The number of hydrogen-bond donors (Lipinski definition) is 1. The Labute approximate surface area is 193 Å². The van der Waals surface area contributed by atoms with Crippen molar-refractivity contribution in [3.05, 3.63) is 78.0 Å². The molecule has 5 rings (SSSR count). The molecule has 1 N–H and O–H groups in total. The fourth-order valence-corrected chi connectivity index (χ4v) is 4.31. The smallest absolute Gasteiger partial charge is 0.256 e. The summed E-state index contributed by atoms with van der Waals surface area (Å²) in [5.74, 6) is 1.77. The number of rotatable bonds is 5. The van der Waals surface area contributed by atoms with E-state index in [1.54, 1.807) is 0 Å². The Morgan fingerprint density at radius 1 is 0.970 bits per heavy atom. The largest absolute Gasteiger partial charge is 0.353 e. The number of aromatic amines is 1. The predicted octanol–water partition coefficient (Wildman–Crippen LogP) is 3.65. The molecule has 4 aromatic rings. The highest BCUT2D eigenvalue weighted by Gasteiger charge is 2.25. The summed E-state index contributed by atoms with van der Waals surface area (Å²) in [4.78, 5) is 32.4. The molecule has 1 fully saturated rings. The van der Waals surface area contributed by atoms with Gasteiger partial charge in [-0.15, -0.1) is 0 Å². The third-order valence-electron chi connectivity index (χ3n) is 5.99. The number of pyridine rings is 1. The van der Waals surface area contributed by atoms with Gasteiger partial charge in [0.15, 0.2) is 0 Å². The SMILES string of the molecule is CN(C)Cc1ccc(N2CCN(C(=O)c3cccc4[nH]c(-c5ccccc5)nc34)CC2)nc1. The van der Waals surface area contributed by atoms with E-state index in [1.807, 2.05) is 59.6 Å². The van der Waals surface area contributed by atoms with Gasteiger partial charge in [0.05, 0.1) is 11.1 Å². The third kappa shape index (κ3) is 4.45. The van der Waals surface area contributed by atoms with Crippen molar-refractivity contribution in [3.8, 4) is 11.4 Å². The molecule has 0 unspecified atom stereocenters. The second kappa shape index (κ2) is 9.03. The molecule has 1 aliphatic rings. The quantitative estimate of drug-likeness (QED) is 0.513. The summed E-state index contributed by atoms with van der Waals surface area (Å²) < 4.78 is 0. The van der Waals surface area contributed by atoms with Crippen molar-refractivity contribution in [1.29, 1.82) is 0 Å². The Morgan fingerprint density at radius 3 is 2.45 bits per heavy atom. The maximum absolute atomic E-state index is 13.4. The molecule has 1 amide bonds. The Morgan fingerprint density at radius 2 is 1.76 bits per heavy atom. The van der Waals surface area contributed by atoms with Crippen LogP contribution in [0.4, 0.5) is 5.82 Å². The average Bonchev–Trinajstić information content (AvgIpc) is 3.29. The van der Waals surface area contributed by atoms with E-state index >= 15 is 0 Å². The normalized spacial score (nSPS) is 14.3. The summed E-state index contributed by atoms with van der Waals surface area (Å²) in [5.41, 5.74) is 4.44. The van der Waals surface area contributed by atoms with Crippen molar-refractivity contribution in [3.63, 3.8) is 0 Å². The molecule has 2 aromatic heterocycles. The number of amides is 1. The average molecular weight is 441 g/mol. The molecule has 0 aliphatic carbocycles. The molecule has 7 heteroatoms. The van der Waals surface area contributed by atoms with Crippen LogP contribution in [0, 0.1) is 0 Å². The van der Waals surface area contributed by atoms with Gasteiger partial charge in [-0.25, -0.2) is 9.97 Å². The lowest BCUT2D eigenvalue weighted by atomic mass is 10.1. The van der Waals surface area contributed by atoms with Gasteiger partial charge in [0.1, 0.15) is 17.2 Å². The molecule has 0 atom stereocenters. The number of carbonyl (C=O) groups excluding carboxylic acids is 1. The summed E-state index contributed by atoms with van der Waals surface area (Å²) in [7, 11) is 4.10. The van der Waals surface area contributed by atoms with Crippen molar-refractivity contribution in [2.24, 2.45) is 0 Å². The van der Waals surface area contributed by atoms with Gasteiger partial charge < -0.3 is 19.7 Å². The van der Waals surface area contributed by atoms with E-state index in [2.05, 4.69) is 46.0 Å². The highest BCUT2D eigenvalue weighted by atomic mass is 16.2. The summed E-state index contributed by atoms with van der Waals surface area (Å²) in [6.45, 7) is 3.72. The van der Waals surface area contributed by atoms with E-state index in [0.29, 0.717) is 18.7 Å². The van der Waals surface area contributed by atoms with Crippen molar-refractivity contribution < 1.29 is 4.79 Å². The molecule has 168 valence electrons. The second-order valence-electron chi connectivity index (χ2n) is 8.69. The van der Waals surface area contributed by atoms with Crippen molar-refractivity contribution in [2.75, 3.05) is 45.2 Å². The summed E-state index contributed by atoms with van der Waals surface area (Å²) >= 11 is 0. The highest BCUT2D eigenvalue weighted by Crippen LogP contribution is 2.24. The number of imidazole rings is 1. The fourth-order valence-electron chi connectivity index (χ4n) is 4.31. The minimum absolute atomic E-state index is 0.0284. The Hall–Kier alpha value is -3.71. The van der Waals surface area contributed by atoms with Gasteiger partial charge >= 0.3 is 0 Å². The number of nitrogens with one attached hydrogen (secondary N) is 1. The van der Waals surface area contributed by atoms with Gasteiger partial charge in [-0.3, -0.25) is 4.79 Å². The molecule has 0 bridgehead atoms. The lowest BCUT2D eigenvalue weighted by Crippen LogP contribution is -2.49. The molecule has 1 saturated heterocycles. The van der Waals surface area contributed by atoms with Crippen LogP contribution in [0.3, 0.4) is 0 Å². The van der Waals surface area contributed by atoms with Crippen LogP contribution in [0.5, 0.6) is 0 Å². The molecular weight excluding hydrogens is 412 g/mol. The van der Waals surface area contributed by atoms with Gasteiger partial charge in [-0.1, -0.05) is 42.5 Å². The van der Waals surface area contributed by atoms with Gasteiger partial charge in [0.2, 0.25) is 0 Å². The lowest BCUT2D eigenvalue weighted by Gasteiger charge is -2.35. The molecule has 3 heterocycles. The van der Waals surface area contributed by atoms with Gasteiger partial charge in [0.25, 0.3) is 5.91 Å². The number of benzene rings is 2. The van der Waals surface area contributed by atoms with Gasteiger partial charge in [0, 0.05) is 44.5 Å². The maximum Gasteiger partial charge on any atom is 0.256 e. The second-order valence-corrected chi connectivity index (χ2v) is 8.69. The van der Waals surface area contributed by atoms with Crippen LogP contribution in [0.15, 0.2) is 66.9 Å². The number of H-pyrrole nitrogens is 1. The monoisotopic (exact) mass is 440 g/mol. The lowest BCUT2D eigenvalue weighted by molar-refractivity contribution is 0.0748. The molecule has 0 saturated carbocycles. The fraction of sp³-hybridized carbons (Fsp3) is 0.269. The first-order valence-corrected chi connectivity index (χ1v) is 11.3. The molecule has 33 heavy (non-hydrogen) atoms. The first kappa shape index (κ1) is 21.2. The third-order valence-corrected chi connectivity index (χ3v) is 5.99. The summed E-state index contributed by atoms with van der Waals surface area (Å²) in [6.07, 6.45) is 1.94. The molecule has 2 aromatic carbocycles. The van der Waals surface area contributed by atoms with Crippen LogP contribution in [0.1, 0.15) is 15.9 Å². The van der Waals surface area contributed by atoms with Crippen LogP contribution in [-0.2, 0) is 6.54 Å². The number of carbonyl (C=O) groups is 1. The maximum atomic E-state index is 13.4. The number of nitrogens with zero attached hydrogens (tertiary/aromatic N) is 5. The molecular formula is C26H28N6O. The van der Waals surface area contributed by atoms with E-state index in [-0.39, 0.29) is 5.91 Å². The predicted molar refractivity (Wildman–Crippen MR) is 131 cm³/mol. The molecule has 1 aliphatic heterocycles. The van der Waals surface area contributed by atoms with E-state index in [4.69, 9.17) is 4.98 Å². The standard InChI is InChI=1S/C26H28N6O/c1-30(2)18-19-11-12-23(27-17-19)31-13-15-32(16-14-31)26(33)21-9-6-10-22-24(21)29-25(28-22)20-7-4-3-5-8-20/h3-12,17H,13-16,18H2,1-2H3,(H,28,29). The van der Waals surface area contributed by atoms with E-state index in [9.17, 15) is 4.79 Å².